The molecule has 0 saturated carbocycles. The van der Waals surface area contributed by atoms with E-state index in [1.807, 2.05) is 0 Å². The molecule has 30 heavy (non-hydrogen) atoms. The first kappa shape index (κ1) is 22.1. The predicted octanol–water partition coefficient (Wildman–Crippen LogP) is 4.21. The lowest BCUT2D eigenvalue weighted by Gasteiger charge is -2.49. The van der Waals surface area contributed by atoms with Crippen molar-refractivity contribution in [3.63, 3.8) is 0 Å². The minimum Gasteiger partial charge on any atom is -0.363 e. The number of rotatable bonds is 3. The van der Waals surface area contributed by atoms with E-state index in [4.69, 9.17) is 0 Å². The molecule has 1 saturated heterocycles. The zero-order valence-corrected chi connectivity index (χ0v) is 15.9. The molecule has 5 nitrogen and oxygen atoms in total. The summed E-state index contributed by atoms with van der Waals surface area (Å²) in [5, 5.41) is 14.3. The highest BCUT2D eigenvalue weighted by atomic mass is 32.1. The molecule has 1 aliphatic heterocycles. The number of amides is 2. The molecule has 162 valence electrons. The highest BCUT2D eigenvalue weighted by Crippen LogP contribution is 2.48. The van der Waals surface area contributed by atoms with Gasteiger partial charge in [-0.15, -0.1) is 11.3 Å². The molecule has 0 bridgehead atoms. The molecular weight excluding hydrogens is 438 g/mol. The van der Waals surface area contributed by atoms with E-state index in [1.54, 1.807) is 0 Å². The smallest absolute Gasteiger partial charge is 0.363 e. The molecule has 0 spiro atoms. The minimum atomic E-state index is -5.43. The molecule has 0 aliphatic carbocycles. The average molecular weight is 452 g/mol. The largest absolute Gasteiger partial charge is 0.437 e. The number of nitrogens with zero attached hydrogens (tertiary/aromatic N) is 1. The van der Waals surface area contributed by atoms with Gasteiger partial charge in [0.2, 0.25) is 0 Å². The maximum absolute atomic E-state index is 13.9. The standard InChI is InChI=1S/C18H14F6N2O3S/c1-26-15(28)25-13(9-4-6-10(7-5-9)17(19,20)21)12(16(26,29)18(22,23)24)14(27)11-3-2-8-30-11/h2-8,12-13,29H,1H3,(H,25,28)/t12-,13+,16-/m0/s1. The Kier molecular flexibility index (Phi) is 5.35. The number of thiophene rings is 1. The Hall–Kier alpha value is -2.60. The van der Waals surface area contributed by atoms with E-state index in [-0.39, 0.29) is 15.3 Å². The van der Waals surface area contributed by atoms with Crippen molar-refractivity contribution < 1.29 is 41.0 Å². The Morgan fingerprint density at radius 1 is 1.13 bits per heavy atom. The molecule has 2 N–H and O–H groups in total. The van der Waals surface area contributed by atoms with Gasteiger partial charge in [-0.1, -0.05) is 18.2 Å². The SMILES string of the molecule is CN1C(=O)N[C@H](c2ccc(C(F)(F)F)cc2)[C@@H](C(=O)c2cccs2)[C@]1(O)C(F)(F)F. The summed E-state index contributed by atoms with van der Waals surface area (Å²) in [4.78, 5) is 25.0. The molecule has 2 heterocycles. The number of carbonyl (C=O) groups excluding carboxylic acids is 2. The fourth-order valence-corrected chi connectivity index (χ4v) is 4.04. The van der Waals surface area contributed by atoms with E-state index in [2.05, 4.69) is 5.32 Å². The molecule has 1 aromatic heterocycles. The van der Waals surface area contributed by atoms with Crippen LogP contribution in [0.5, 0.6) is 0 Å². The predicted molar refractivity (Wildman–Crippen MR) is 93.6 cm³/mol. The van der Waals surface area contributed by atoms with Crippen molar-refractivity contribution in [2.24, 2.45) is 5.92 Å². The van der Waals surface area contributed by atoms with Crippen LogP contribution in [0.4, 0.5) is 31.1 Å². The molecule has 12 heteroatoms. The monoisotopic (exact) mass is 452 g/mol. The Labute approximate surface area is 169 Å². The fourth-order valence-electron chi connectivity index (χ4n) is 3.34. The average Bonchev–Trinajstić information content (AvgIpc) is 3.18. The van der Waals surface area contributed by atoms with Crippen molar-refractivity contribution in [2.45, 2.75) is 24.1 Å². The first-order chi connectivity index (χ1) is 13.8. The number of halogens is 6. The van der Waals surface area contributed by atoms with Gasteiger partial charge in [-0.05, 0) is 29.1 Å². The van der Waals surface area contributed by atoms with E-state index >= 15 is 0 Å². The molecule has 0 radical (unpaired) electrons. The molecule has 3 rings (SSSR count). The number of hydrogen-bond acceptors (Lipinski definition) is 4. The van der Waals surface area contributed by atoms with Gasteiger partial charge in [-0.25, -0.2) is 4.79 Å². The van der Waals surface area contributed by atoms with Crippen molar-refractivity contribution in [3.8, 4) is 0 Å². The lowest BCUT2D eigenvalue weighted by molar-refractivity contribution is -0.322. The summed E-state index contributed by atoms with van der Waals surface area (Å²) in [7, 11) is 0.681. The normalized spacial score (nSPS) is 25.2. The van der Waals surface area contributed by atoms with Crippen LogP contribution in [0.1, 0.15) is 26.8 Å². The number of hydrogen-bond donors (Lipinski definition) is 2. The molecule has 2 amide bonds. The quantitative estimate of drug-likeness (QED) is 0.542. The lowest BCUT2D eigenvalue weighted by Crippen LogP contribution is -2.72. The van der Waals surface area contributed by atoms with Crippen LogP contribution in [-0.4, -0.2) is 40.8 Å². The number of ketones is 1. The third kappa shape index (κ3) is 3.54. The number of alkyl halides is 6. The van der Waals surface area contributed by atoms with Gasteiger partial charge in [-0.3, -0.25) is 9.69 Å². The van der Waals surface area contributed by atoms with Crippen LogP contribution in [0.15, 0.2) is 41.8 Å². The summed E-state index contributed by atoms with van der Waals surface area (Å²) < 4.78 is 80.3. The highest BCUT2D eigenvalue weighted by molar-refractivity contribution is 7.12. The number of benzene rings is 1. The summed E-state index contributed by atoms with van der Waals surface area (Å²) >= 11 is 0.833. The van der Waals surface area contributed by atoms with Crippen molar-refractivity contribution in [1.82, 2.24) is 10.2 Å². The first-order valence-electron chi connectivity index (χ1n) is 8.36. The first-order valence-corrected chi connectivity index (χ1v) is 9.24. The van der Waals surface area contributed by atoms with Gasteiger partial charge < -0.3 is 10.4 Å². The van der Waals surface area contributed by atoms with E-state index in [9.17, 15) is 41.0 Å². The molecule has 0 unspecified atom stereocenters. The van der Waals surface area contributed by atoms with Crippen molar-refractivity contribution in [2.75, 3.05) is 7.05 Å². The van der Waals surface area contributed by atoms with Crippen LogP contribution < -0.4 is 5.32 Å². The summed E-state index contributed by atoms with van der Waals surface area (Å²) in [6.07, 6.45) is -10.1. The molecule has 1 aromatic carbocycles. The fraction of sp³-hybridized carbons (Fsp3) is 0.333. The van der Waals surface area contributed by atoms with Crippen molar-refractivity contribution in [3.05, 3.63) is 57.8 Å². The molecule has 3 atom stereocenters. The van der Waals surface area contributed by atoms with Crippen molar-refractivity contribution in [1.29, 1.82) is 0 Å². The van der Waals surface area contributed by atoms with E-state index in [0.717, 1.165) is 23.5 Å². The number of carbonyl (C=O) groups is 2. The van der Waals surface area contributed by atoms with E-state index in [1.165, 1.54) is 17.5 Å². The molecule has 2 aromatic rings. The van der Waals surface area contributed by atoms with Gasteiger partial charge in [0.1, 0.15) is 5.92 Å². The molecule has 1 aliphatic rings. The van der Waals surface area contributed by atoms with E-state index < -0.39 is 47.4 Å². The van der Waals surface area contributed by atoms with Crippen LogP contribution in [0.3, 0.4) is 0 Å². The Balaban J connectivity index is 2.16. The van der Waals surface area contributed by atoms with Gasteiger partial charge in [0.05, 0.1) is 16.5 Å². The zero-order chi connectivity index (χ0) is 22.5. The Morgan fingerprint density at radius 2 is 1.73 bits per heavy atom. The summed E-state index contributed by atoms with van der Waals surface area (Å²) in [6.45, 7) is 0. The third-order valence-electron chi connectivity index (χ3n) is 4.92. The summed E-state index contributed by atoms with van der Waals surface area (Å²) in [5.74, 6) is -3.38. The van der Waals surface area contributed by atoms with Crippen LogP contribution in [0.25, 0.3) is 0 Å². The van der Waals surface area contributed by atoms with E-state index in [0.29, 0.717) is 19.2 Å². The number of nitrogens with one attached hydrogen (secondary N) is 1. The van der Waals surface area contributed by atoms with Gasteiger partial charge in [-0.2, -0.15) is 26.3 Å². The van der Waals surface area contributed by atoms with Crippen molar-refractivity contribution >= 4 is 23.2 Å². The van der Waals surface area contributed by atoms with Gasteiger partial charge in [0, 0.05) is 7.05 Å². The number of aliphatic hydroxyl groups is 1. The Morgan fingerprint density at radius 3 is 2.20 bits per heavy atom. The molecule has 1 fully saturated rings. The maximum atomic E-state index is 13.9. The number of Topliss-reactive ketones (excluding diaryl/α,β-unsaturated/α-hetero) is 1. The second-order valence-electron chi connectivity index (χ2n) is 6.65. The van der Waals surface area contributed by atoms with Gasteiger partial charge in [0.15, 0.2) is 5.78 Å². The number of urea groups is 1. The third-order valence-corrected chi connectivity index (χ3v) is 5.81. The van der Waals surface area contributed by atoms with Gasteiger partial charge in [0.25, 0.3) is 5.72 Å². The zero-order valence-electron chi connectivity index (χ0n) is 15.1. The van der Waals surface area contributed by atoms with Crippen LogP contribution in [-0.2, 0) is 6.18 Å². The van der Waals surface area contributed by atoms with Crippen LogP contribution in [0.2, 0.25) is 0 Å². The maximum Gasteiger partial charge on any atom is 0.437 e. The molecular formula is C18H14F6N2O3S. The van der Waals surface area contributed by atoms with Crippen LogP contribution in [0, 0.1) is 5.92 Å². The Bertz CT molecular complexity index is 942. The minimum absolute atomic E-state index is 0.0241. The topological polar surface area (TPSA) is 69.6 Å². The van der Waals surface area contributed by atoms with Crippen LogP contribution >= 0.6 is 11.3 Å². The van der Waals surface area contributed by atoms with Gasteiger partial charge >= 0.3 is 18.4 Å². The lowest BCUT2D eigenvalue weighted by atomic mass is 9.77. The highest BCUT2D eigenvalue weighted by Gasteiger charge is 2.69. The second kappa shape index (κ2) is 7.27. The summed E-state index contributed by atoms with van der Waals surface area (Å²) in [5.41, 5.74) is -5.14. The summed E-state index contributed by atoms with van der Waals surface area (Å²) in [6, 6.07) is 2.59. The second-order valence-corrected chi connectivity index (χ2v) is 7.60.